The smallest absolute Gasteiger partial charge is 0.220 e. The lowest BCUT2D eigenvalue weighted by atomic mass is 9.97. The first kappa shape index (κ1) is 16.3. The van der Waals surface area contributed by atoms with E-state index in [9.17, 15) is 15.0 Å². The average Bonchev–Trinajstić information content (AvgIpc) is 2.37. The van der Waals surface area contributed by atoms with Crippen LogP contribution in [0.1, 0.15) is 27.2 Å². The fraction of sp³-hybridized carbons (Fsp3) is 0.917. The molecular weight excluding hydrogens is 254 g/mol. The number of rotatable bonds is 5. The number of aliphatic hydroxyl groups excluding tert-OH is 3. The molecule has 0 bridgehead atoms. The normalized spacial score (nSPS) is 35.4. The zero-order valence-corrected chi connectivity index (χ0v) is 11.4. The Morgan fingerprint density at radius 3 is 2.47 bits per heavy atom. The number of hydrogen-bond donors (Lipinski definition) is 4. The fourth-order valence-electron chi connectivity index (χ4n) is 1.91. The second-order valence-electron chi connectivity index (χ2n) is 4.84. The number of nitrogens with one attached hydrogen (secondary N) is 1. The SMILES string of the molecule is CCC(=O)N[C@H]1C(OC(C)C)O[C@H](CO)[C@@H](O)[C@@H]1O. The molecule has 0 spiro atoms. The molecule has 1 aliphatic heterocycles. The molecule has 1 unspecified atom stereocenters. The van der Waals surface area contributed by atoms with Crippen LogP contribution in [0.3, 0.4) is 0 Å². The van der Waals surface area contributed by atoms with Gasteiger partial charge in [-0.15, -0.1) is 0 Å². The zero-order valence-electron chi connectivity index (χ0n) is 11.4. The summed E-state index contributed by atoms with van der Waals surface area (Å²) in [6.07, 6.45) is -4.33. The molecule has 0 radical (unpaired) electrons. The van der Waals surface area contributed by atoms with Crippen LogP contribution in [0.2, 0.25) is 0 Å². The van der Waals surface area contributed by atoms with Gasteiger partial charge in [0, 0.05) is 6.42 Å². The van der Waals surface area contributed by atoms with Crippen molar-refractivity contribution in [1.29, 1.82) is 0 Å². The Labute approximate surface area is 112 Å². The van der Waals surface area contributed by atoms with E-state index in [1.807, 2.05) is 0 Å². The van der Waals surface area contributed by atoms with Gasteiger partial charge in [-0.05, 0) is 13.8 Å². The van der Waals surface area contributed by atoms with E-state index in [4.69, 9.17) is 14.6 Å². The molecule has 1 fully saturated rings. The third-order valence-electron chi connectivity index (χ3n) is 2.94. The topological polar surface area (TPSA) is 108 Å². The van der Waals surface area contributed by atoms with Gasteiger partial charge in [0.2, 0.25) is 5.91 Å². The number of ether oxygens (including phenoxy) is 2. The second kappa shape index (κ2) is 7.16. The van der Waals surface area contributed by atoms with E-state index in [1.54, 1.807) is 20.8 Å². The van der Waals surface area contributed by atoms with Crippen LogP contribution in [-0.4, -0.2) is 64.6 Å². The number of carbonyl (C=O) groups excluding carboxylic acids is 1. The molecule has 19 heavy (non-hydrogen) atoms. The standard InChI is InChI=1S/C12H23NO6/c1-4-8(15)13-9-11(17)10(16)7(5-14)19-12(9)18-6(2)3/h6-7,9-12,14,16-17H,4-5H2,1-3H3,(H,13,15)/t7-,9-,10-,11-,12?/m1/s1. The van der Waals surface area contributed by atoms with Gasteiger partial charge < -0.3 is 30.1 Å². The molecule has 1 rings (SSSR count). The molecule has 7 nitrogen and oxygen atoms in total. The van der Waals surface area contributed by atoms with Gasteiger partial charge in [-0.25, -0.2) is 0 Å². The Morgan fingerprint density at radius 1 is 1.37 bits per heavy atom. The minimum absolute atomic E-state index is 0.187. The van der Waals surface area contributed by atoms with Crippen LogP contribution in [0.25, 0.3) is 0 Å². The molecule has 4 N–H and O–H groups in total. The van der Waals surface area contributed by atoms with Crippen molar-refractivity contribution in [1.82, 2.24) is 5.32 Å². The molecular formula is C12H23NO6. The number of aliphatic hydroxyl groups is 3. The molecule has 7 heteroatoms. The van der Waals surface area contributed by atoms with Gasteiger partial charge in [0.15, 0.2) is 6.29 Å². The molecule has 0 aromatic heterocycles. The maximum Gasteiger partial charge on any atom is 0.220 e. The largest absolute Gasteiger partial charge is 0.394 e. The van der Waals surface area contributed by atoms with Crippen molar-refractivity contribution >= 4 is 5.91 Å². The Morgan fingerprint density at radius 2 is 2.00 bits per heavy atom. The second-order valence-corrected chi connectivity index (χ2v) is 4.84. The van der Waals surface area contributed by atoms with Gasteiger partial charge >= 0.3 is 0 Å². The molecule has 0 aromatic rings. The van der Waals surface area contributed by atoms with Crippen LogP contribution in [-0.2, 0) is 14.3 Å². The van der Waals surface area contributed by atoms with Crippen molar-refractivity contribution < 1.29 is 29.6 Å². The minimum Gasteiger partial charge on any atom is -0.394 e. The van der Waals surface area contributed by atoms with Gasteiger partial charge in [0.25, 0.3) is 0 Å². The first-order chi connectivity index (χ1) is 8.90. The van der Waals surface area contributed by atoms with Crippen molar-refractivity contribution in [3.8, 4) is 0 Å². The van der Waals surface area contributed by atoms with Crippen LogP contribution in [0, 0.1) is 0 Å². The van der Waals surface area contributed by atoms with E-state index >= 15 is 0 Å². The molecule has 1 amide bonds. The highest BCUT2D eigenvalue weighted by Gasteiger charge is 2.45. The van der Waals surface area contributed by atoms with E-state index in [1.165, 1.54) is 0 Å². The van der Waals surface area contributed by atoms with E-state index in [2.05, 4.69) is 5.32 Å². The highest BCUT2D eigenvalue weighted by atomic mass is 16.7. The summed E-state index contributed by atoms with van der Waals surface area (Å²) in [5.41, 5.74) is 0. The van der Waals surface area contributed by atoms with Crippen LogP contribution in [0.5, 0.6) is 0 Å². The Balaban J connectivity index is 2.83. The number of amides is 1. The third kappa shape index (κ3) is 4.12. The van der Waals surface area contributed by atoms with Crippen molar-refractivity contribution in [3.63, 3.8) is 0 Å². The van der Waals surface area contributed by atoms with Crippen molar-refractivity contribution in [2.45, 2.75) is 63.9 Å². The molecule has 5 atom stereocenters. The molecule has 0 saturated carbocycles. The Hall–Kier alpha value is -0.730. The summed E-state index contributed by atoms with van der Waals surface area (Å²) in [4.78, 5) is 11.5. The van der Waals surface area contributed by atoms with Gasteiger partial charge in [-0.1, -0.05) is 6.92 Å². The van der Waals surface area contributed by atoms with E-state index < -0.39 is 37.3 Å². The first-order valence-electron chi connectivity index (χ1n) is 6.48. The van der Waals surface area contributed by atoms with Gasteiger partial charge in [0.1, 0.15) is 24.4 Å². The Bertz CT molecular complexity index is 298. The summed E-state index contributed by atoms with van der Waals surface area (Å²) in [5, 5.41) is 31.5. The molecule has 1 saturated heterocycles. The summed E-state index contributed by atoms with van der Waals surface area (Å²) in [7, 11) is 0. The predicted octanol–water partition coefficient (Wildman–Crippen LogP) is -1.25. The summed E-state index contributed by atoms with van der Waals surface area (Å²) in [6, 6.07) is -0.868. The van der Waals surface area contributed by atoms with Gasteiger partial charge in [-0.2, -0.15) is 0 Å². The van der Waals surface area contributed by atoms with Crippen LogP contribution in [0.4, 0.5) is 0 Å². The molecule has 1 aliphatic rings. The van der Waals surface area contributed by atoms with Crippen LogP contribution < -0.4 is 5.32 Å². The van der Waals surface area contributed by atoms with Crippen LogP contribution >= 0.6 is 0 Å². The molecule has 0 aromatic carbocycles. The quantitative estimate of drug-likeness (QED) is 0.500. The van der Waals surface area contributed by atoms with Crippen molar-refractivity contribution in [2.24, 2.45) is 0 Å². The lowest BCUT2D eigenvalue weighted by Gasteiger charge is -2.42. The monoisotopic (exact) mass is 277 g/mol. The van der Waals surface area contributed by atoms with Gasteiger partial charge in [0.05, 0.1) is 12.7 Å². The highest BCUT2D eigenvalue weighted by Crippen LogP contribution is 2.23. The third-order valence-corrected chi connectivity index (χ3v) is 2.94. The minimum atomic E-state index is -1.28. The summed E-state index contributed by atoms with van der Waals surface area (Å²) in [6.45, 7) is 4.81. The molecule has 112 valence electrons. The number of hydrogen-bond acceptors (Lipinski definition) is 6. The lowest BCUT2D eigenvalue weighted by Crippen LogP contribution is -2.65. The summed E-state index contributed by atoms with van der Waals surface area (Å²) >= 11 is 0. The van der Waals surface area contributed by atoms with Crippen molar-refractivity contribution in [3.05, 3.63) is 0 Å². The summed E-state index contributed by atoms with van der Waals surface area (Å²) < 4.78 is 10.9. The van der Waals surface area contributed by atoms with E-state index in [0.29, 0.717) is 0 Å². The van der Waals surface area contributed by atoms with E-state index in [-0.39, 0.29) is 18.4 Å². The highest BCUT2D eigenvalue weighted by molar-refractivity contribution is 5.76. The van der Waals surface area contributed by atoms with Crippen molar-refractivity contribution in [2.75, 3.05) is 6.61 Å². The van der Waals surface area contributed by atoms with Gasteiger partial charge in [-0.3, -0.25) is 4.79 Å². The maximum atomic E-state index is 11.5. The lowest BCUT2D eigenvalue weighted by molar-refractivity contribution is -0.278. The number of carbonyl (C=O) groups is 1. The van der Waals surface area contributed by atoms with Crippen LogP contribution in [0.15, 0.2) is 0 Å². The predicted molar refractivity (Wildman–Crippen MR) is 66.2 cm³/mol. The molecule has 0 aliphatic carbocycles. The summed E-state index contributed by atoms with van der Waals surface area (Å²) in [5.74, 6) is -0.278. The fourth-order valence-corrected chi connectivity index (χ4v) is 1.91. The first-order valence-corrected chi connectivity index (χ1v) is 6.48. The Kier molecular flexibility index (Phi) is 6.15. The average molecular weight is 277 g/mol. The molecule has 1 heterocycles. The van der Waals surface area contributed by atoms with E-state index in [0.717, 1.165) is 0 Å². The zero-order chi connectivity index (χ0) is 14.6. The maximum absolute atomic E-state index is 11.5.